The van der Waals surface area contributed by atoms with Crippen LogP contribution in [0.2, 0.25) is 0 Å². The smallest absolute Gasteiger partial charge is 0.272 e. The van der Waals surface area contributed by atoms with Crippen LogP contribution in [-0.2, 0) is 24.2 Å². The van der Waals surface area contributed by atoms with E-state index >= 15 is 0 Å². The summed E-state index contributed by atoms with van der Waals surface area (Å²) in [4.78, 5) is 26.7. The van der Waals surface area contributed by atoms with Gasteiger partial charge in [-0.25, -0.2) is 4.68 Å². The van der Waals surface area contributed by atoms with Crippen molar-refractivity contribution in [1.82, 2.24) is 20.4 Å². The number of amides is 2. The lowest BCUT2D eigenvalue weighted by Crippen LogP contribution is -2.47. The molecule has 0 atom stereocenters. The summed E-state index contributed by atoms with van der Waals surface area (Å²) < 4.78 is 1.95. The van der Waals surface area contributed by atoms with Gasteiger partial charge in [0.2, 0.25) is 5.91 Å². The first-order valence-electron chi connectivity index (χ1n) is 11.2. The Hall–Kier alpha value is -3.61. The van der Waals surface area contributed by atoms with E-state index in [2.05, 4.69) is 34.6 Å². The summed E-state index contributed by atoms with van der Waals surface area (Å²) in [7, 11) is 0. The molecule has 7 heteroatoms. The molecule has 0 radical (unpaired) electrons. The third-order valence-corrected chi connectivity index (χ3v) is 6.28. The highest BCUT2D eigenvalue weighted by molar-refractivity contribution is 5.94. The summed E-state index contributed by atoms with van der Waals surface area (Å²) in [6.45, 7) is 4.35. The van der Waals surface area contributed by atoms with Gasteiger partial charge in [-0.3, -0.25) is 9.59 Å². The average Bonchev–Trinajstić information content (AvgIpc) is 3.41. The van der Waals surface area contributed by atoms with Gasteiger partial charge in [0.15, 0.2) is 5.69 Å². The van der Waals surface area contributed by atoms with Crippen molar-refractivity contribution in [2.45, 2.75) is 32.7 Å². The number of aromatic nitrogens is 2. The Kier molecular flexibility index (Phi) is 5.39. The summed E-state index contributed by atoms with van der Waals surface area (Å²) >= 11 is 0. The van der Waals surface area contributed by atoms with E-state index in [1.165, 1.54) is 0 Å². The zero-order chi connectivity index (χ0) is 22.1. The van der Waals surface area contributed by atoms with E-state index in [1.54, 1.807) is 0 Å². The van der Waals surface area contributed by atoms with Crippen LogP contribution in [0.25, 0.3) is 5.69 Å². The van der Waals surface area contributed by atoms with Gasteiger partial charge in [-0.05, 0) is 55.5 Å². The first-order valence-corrected chi connectivity index (χ1v) is 11.2. The lowest BCUT2D eigenvalue weighted by Gasteiger charge is -2.28. The van der Waals surface area contributed by atoms with Gasteiger partial charge < -0.3 is 15.5 Å². The van der Waals surface area contributed by atoms with Crippen molar-refractivity contribution in [2.75, 3.05) is 24.5 Å². The monoisotopic (exact) mass is 429 g/mol. The van der Waals surface area contributed by atoms with E-state index in [1.807, 2.05) is 41.1 Å². The number of para-hydroxylation sites is 1. The SMILES string of the molecule is Cc1ccccc1-n1nc(C(=O)NCc2ccc(N3CCNC(=O)C3)cc2)c2c1CCC2. The van der Waals surface area contributed by atoms with Crippen LogP contribution in [0.5, 0.6) is 0 Å². The molecule has 1 aliphatic carbocycles. The maximum absolute atomic E-state index is 13.0. The number of hydrogen-bond donors (Lipinski definition) is 2. The number of piperazine rings is 1. The number of nitrogens with zero attached hydrogens (tertiary/aromatic N) is 3. The minimum atomic E-state index is -0.132. The minimum Gasteiger partial charge on any atom is -0.360 e. The second kappa shape index (κ2) is 8.49. The number of anilines is 1. The van der Waals surface area contributed by atoms with Crippen LogP contribution in [0, 0.1) is 6.92 Å². The number of fused-ring (bicyclic) bond motifs is 1. The van der Waals surface area contributed by atoms with Gasteiger partial charge in [-0.15, -0.1) is 0 Å². The molecule has 164 valence electrons. The van der Waals surface area contributed by atoms with Gasteiger partial charge in [0.1, 0.15) is 0 Å². The third kappa shape index (κ3) is 3.86. The minimum absolute atomic E-state index is 0.0465. The molecule has 0 spiro atoms. The fraction of sp³-hybridized carbons (Fsp3) is 0.320. The first kappa shape index (κ1) is 20.3. The predicted molar refractivity (Wildman–Crippen MR) is 123 cm³/mol. The van der Waals surface area contributed by atoms with Crippen LogP contribution >= 0.6 is 0 Å². The molecule has 0 bridgehead atoms. The van der Waals surface area contributed by atoms with Crippen LogP contribution in [0.4, 0.5) is 5.69 Å². The van der Waals surface area contributed by atoms with Crippen molar-refractivity contribution in [2.24, 2.45) is 0 Å². The van der Waals surface area contributed by atoms with Crippen LogP contribution in [0.3, 0.4) is 0 Å². The molecule has 3 aromatic rings. The quantitative estimate of drug-likeness (QED) is 0.653. The van der Waals surface area contributed by atoms with E-state index in [0.29, 0.717) is 25.3 Å². The molecule has 2 N–H and O–H groups in total. The van der Waals surface area contributed by atoms with Gasteiger partial charge >= 0.3 is 0 Å². The van der Waals surface area contributed by atoms with Crippen LogP contribution < -0.4 is 15.5 Å². The number of benzene rings is 2. The molecule has 1 aromatic heterocycles. The Morgan fingerprint density at radius 3 is 2.72 bits per heavy atom. The molecule has 32 heavy (non-hydrogen) atoms. The Balaban J connectivity index is 1.29. The second-order valence-corrected chi connectivity index (χ2v) is 8.45. The molecule has 2 aromatic carbocycles. The Morgan fingerprint density at radius 2 is 1.94 bits per heavy atom. The third-order valence-electron chi connectivity index (χ3n) is 6.28. The molecule has 0 saturated carbocycles. The molecule has 1 aliphatic heterocycles. The van der Waals surface area contributed by atoms with Gasteiger partial charge in [-0.2, -0.15) is 5.10 Å². The van der Waals surface area contributed by atoms with Crippen molar-refractivity contribution < 1.29 is 9.59 Å². The van der Waals surface area contributed by atoms with E-state index in [-0.39, 0.29) is 11.8 Å². The fourth-order valence-electron chi connectivity index (χ4n) is 4.57. The highest BCUT2D eigenvalue weighted by atomic mass is 16.2. The summed E-state index contributed by atoms with van der Waals surface area (Å²) in [6, 6.07) is 16.1. The predicted octanol–water partition coefficient (Wildman–Crippen LogP) is 2.54. The fourth-order valence-corrected chi connectivity index (χ4v) is 4.57. The molecule has 5 rings (SSSR count). The average molecular weight is 430 g/mol. The van der Waals surface area contributed by atoms with Gasteiger partial charge in [0, 0.05) is 36.6 Å². The van der Waals surface area contributed by atoms with E-state index < -0.39 is 0 Å². The molecule has 1 fully saturated rings. The molecule has 2 aliphatic rings. The van der Waals surface area contributed by atoms with Gasteiger partial charge in [-0.1, -0.05) is 30.3 Å². The Morgan fingerprint density at radius 1 is 1.12 bits per heavy atom. The number of carbonyl (C=O) groups excluding carboxylic acids is 2. The molecule has 2 heterocycles. The first-order chi connectivity index (χ1) is 15.6. The van der Waals surface area contributed by atoms with Crippen LogP contribution in [0.1, 0.15) is 39.3 Å². The van der Waals surface area contributed by atoms with Crippen LogP contribution in [0.15, 0.2) is 48.5 Å². The second-order valence-electron chi connectivity index (χ2n) is 8.45. The van der Waals surface area contributed by atoms with E-state index in [4.69, 9.17) is 5.10 Å². The Bertz CT molecular complexity index is 1170. The number of rotatable bonds is 5. The van der Waals surface area contributed by atoms with Crippen molar-refractivity contribution in [3.8, 4) is 5.69 Å². The summed E-state index contributed by atoms with van der Waals surface area (Å²) in [5.74, 6) is -0.0856. The maximum atomic E-state index is 13.0. The Labute approximate surface area is 187 Å². The highest BCUT2D eigenvalue weighted by Crippen LogP contribution is 2.29. The highest BCUT2D eigenvalue weighted by Gasteiger charge is 2.27. The summed E-state index contributed by atoms with van der Waals surface area (Å²) in [6.07, 6.45) is 2.89. The standard InChI is InChI=1S/C25H27N5O2/c1-17-5-2-3-7-21(17)30-22-8-4-6-20(22)24(28-30)25(32)27-15-18-9-11-19(12-10-18)29-14-13-26-23(31)16-29/h2-3,5,7,9-12H,4,6,8,13-16H2,1H3,(H,26,31)(H,27,32). The maximum Gasteiger partial charge on any atom is 0.272 e. The lowest BCUT2D eigenvalue weighted by atomic mass is 10.1. The number of carbonyl (C=O) groups is 2. The summed E-state index contributed by atoms with van der Waals surface area (Å²) in [5.41, 5.74) is 6.97. The van der Waals surface area contributed by atoms with E-state index in [9.17, 15) is 9.59 Å². The van der Waals surface area contributed by atoms with Crippen molar-refractivity contribution in [3.05, 3.63) is 76.6 Å². The molecular formula is C25H27N5O2. The van der Waals surface area contributed by atoms with Gasteiger partial charge in [0.25, 0.3) is 5.91 Å². The zero-order valence-electron chi connectivity index (χ0n) is 18.2. The number of hydrogen-bond acceptors (Lipinski definition) is 4. The molecule has 1 saturated heterocycles. The van der Waals surface area contributed by atoms with Crippen molar-refractivity contribution in [1.29, 1.82) is 0 Å². The topological polar surface area (TPSA) is 79.3 Å². The van der Waals surface area contributed by atoms with Crippen molar-refractivity contribution >= 4 is 17.5 Å². The zero-order valence-corrected chi connectivity index (χ0v) is 18.2. The van der Waals surface area contributed by atoms with Crippen LogP contribution in [-0.4, -0.2) is 41.2 Å². The largest absolute Gasteiger partial charge is 0.360 e. The van der Waals surface area contributed by atoms with Crippen molar-refractivity contribution in [3.63, 3.8) is 0 Å². The van der Waals surface area contributed by atoms with Gasteiger partial charge in [0.05, 0.1) is 12.2 Å². The number of nitrogens with one attached hydrogen (secondary N) is 2. The molecule has 7 nitrogen and oxygen atoms in total. The number of aryl methyl sites for hydroxylation is 1. The molecule has 0 unspecified atom stereocenters. The molecule has 2 amide bonds. The normalized spacial score (nSPS) is 15.4. The molecular weight excluding hydrogens is 402 g/mol. The summed E-state index contributed by atoms with van der Waals surface area (Å²) in [5, 5.41) is 10.6. The van der Waals surface area contributed by atoms with E-state index in [0.717, 1.165) is 59.6 Å². The lowest BCUT2D eigenvalue weighted by molar-refractivity contribution is -0.120.